The highest BCUT2D eigenvalue weighted by molar-refractivity contribution is 5.36. The number of aryl methyl sites for hydroxylation is 1. The van der Waals surface area contributed by atoms with Crippen LogP contribution in [-0.2, 0) is 6.54 Å². The minimum atomic E-state index is 0.671. The molecule has 0 amide bonds. The minimum Gasteiger partial charge on any atom is -0.496 e. The van der Waals surface area contributed by atoms with Crippen LogP contribution in [0.5, 0.6) is 5.75 Å². The topological polar surface area (TPSA) is 33.3 Å². The molecule has 19 heavy (non-hydrogen) atoms. The predicted molar refractivity (Wildman–Crippen MR) is 81.7 cm³/mol. The van der Waals surface area contributed by atoms with Crippen molar-refractivity contribution in [1.82, 2.24) is 10.6 Å². The van der Waals surface area contributed by atoms with Crippen molar-refractivity contribution in [2.75, 3.05) is 27.2 Å². The van der Waals surface area contributed by atoms with E-state index in [0.717, 1.165) is 25.4 Å². The van der Waals surface area contributed by atoms with Crippen molar-refractivity contribution in [2.45, 2.75) is 27.3 Å². The third-order valence-corrected chi connectivity index (χ3v) is 3.60. The number of benzene rings is 1. The standard InChI is InChI=1S/C16H28N2O/c1-12(2)15(10-17-4)11-18-9-14-6-7-16(19-5)13(3)8-14/h6-8,12,15,17-18H,9-11H2,1-5H3. The zero-order valence-electron chi connectivity index (χ0n) is 12.9. The summed E-state index contributed by atoms with van der Waals surface area (Å²) in [5.74, 6) is 2.32. The molecule has 0 bridgehead atoms. The molecule has 3 heteroatoms. The van der Waals surface area contributed by atoms with Gasteiger partial charge in [0.2, 0.25) is 0 Å². The second-order valence-corrected chi connectivity index (χ2v) is 5.50. The summed E-state index contributed by atoms with van der Waals surface area (Å²) in [6, 6.07) is 6.36. The van der Waals surface area contributed by atoms with Crippen LogP contribution in [0.3, 0.4) is 0 Å². The first-order chi connectivity index (χ1) is 9.08. The Labute approximate surface area is 117 Å². The Hall–Kier alpha value is -1.06. The number of rotatable bonds is 8. The summed E-state index contributed by atoms with van der Waals surface area (Å²) in [4.78, 5) is 0. The fraction of sp³-hybridized carbons (Fsp3) is 0.625. The lowest BCUT2D eigenvalue weighted by Gasteiger charge is -2.21. The molecule has 0 aromatic heterocycles. The maximum atomic E-state index is 5.28. The molecule has 2 N–H and O–H groups in total. The van der Waals surface area contributed by atoms with E-state index in [1.807, 2.05) is 13.1 Å². The first kappa shape index (κ1) is 16.0. The van der Waals surface area contributed by atoms with E-state index in [1.165, 1.54) is 11.1 Å². The largest absolute Gasteiger partial charge is 0.496 e. The highest BCUT2D eigenvalue weighted by Crippen LogP contribution is 2.18. The maximum Gasteiger partial charge on any atom is 0.121 e. The zero-order valence-corrected chi connectivity index (χ0v) is 12.9. The van der Waals surface area contributed by atoms with Gasteiger partial charge in [-0.1, -0.05) is 26.0 Å². The van der Waals surface area contributed by atoms with E-state index in [2.05, 4.69) is 43.5 Å². The van der Waals surface area contributed by atoms with Gasteiger partial charge in [-0.25, -0.2) is 0 Å². The van der Waals surface area contributed by atoms with Gasteiger partial charge < -0.3 is 15.4 Å². The van der Waals surface area contributed by atoms with Gasteiger partial charge in [0.15, 0.2) is 0 Å². The van der Waals surface area contributed by atoms with E-state index >= 15 is 0 Å². The van der Waals surface area contributed by atoms with Crippen LogP contribution >= 0.6 is 0 Å². The Bertz CT molecular complexity index is 377. The first-order valence-corrected chi connectivity index (χ1v) is 7.07. The van der Waals surface area contributed by atoms with Gasteiger partial charge >= 0.3 is 0 Å². The molecule has 0 radical (unpaired) electrons. The molecule has 108 valence electrons. The third-order valence-electron chi connectivity index (χ3n) is 3.60. The zero-order chi connectivity index (χ0) is 14.3. The fourth-order valence-electron chi connectivity index (χ4n) is 2.26. The molecule has 1 unspecified atom stereocenters. The Morgan fingerprint density at radius 3 is 2.47 bits per heavy atom. The van der Waals surface area contributed by atoms with Gasteiger partial charge in [0.25, 0.3) is 0 Å². The summed E-state index contributed by atoms with van der Waals surface area (Å²) in [5, 5.41) is 6.82. The number of hydrogen-bond donors (Lipinski definition) is 2. The number of hydrogen-bond acceptors (Lipinski definition) is 3. The molecule has 0 aliphatic heterocycles. The minimum absolute atomic E-state index is 0.671. The summed E-state index contributed by atoms with van der Waals surface area (Å²) < 4.78 is 5.28. The van der Waals surface area contributed by atoms with Crippen LogP contribution in [0, 0.1) is 18.8 Å². The number of methoxy groups -OCH3 is 1. The summed E-state index contributed by atoms with van der Waals surface area (Å²) in [6.45, 7) is 9.66. The fourth-order valence-corrected chi connectivity index (χ4v) is 2.26. The first-order valence-electron chi connectivity index (χ1n) is 7.07. The summed E-state index contributed by atoms with van der Waals surface area (Å²) in [7, 11) is 3.73. The lowest BCUT2D eigenvalue weighted by atomic mass is 9.95. The van der Waals surface area contributed by atoms with E-state index < -0.39 is 0 Å². The van der Waals surface area contributed by atoms with Crippen LogP contribution in [0.1, 0.15) is 25.0 Å². The molecule has 0 aliphatic rings. The van der Waals surface area contributed by atoms with Crippen molar-refractivity contribution in [3.05, 3.63) is 29.3 Å². The molecule has 1 aromatic rings. The van der Waals surface area contributed by atoms with Crippen LogP contribution in [0.4, 0.5) is 0 Å². The Kier molecular flexibility index (Phi) is 6.89. The van der Waals surface area contributed by atoms with Gasteiger partial charge in [-0.3, -0.25) is 0 Å². The smallest absolute Gasteiger partial charge is 0.121 e. The molecule has 0 saturated heterocycles. The molecule has 1 rings (SSSR count). The average Bonchev–Trinajstić information content (AvgIpc) is 2.37. The Balaban J connectivity index is 2.46. The van der Waals surface area contributed by atoms with Gasteiger partial charge in [0, 0.05) is 6.54 Å². The van der Waals surface area contributed by atoms with Gasteiger partial charge in [-0.2, -0.15) is 0 Å². The van der Waals surface area contributed by atoms with Crippen LogP contribution in [-0.4, -0.2) is 27.2 Å². The number of nitrogens with one attached hydrogen (secondary N) is 2. The van der Waals surface area contributed by atoms with Crippen molar-refractivity contribution in [3.8, 4) is 5.75 Å². The monoisotopic (exact) mass is 264 g/mol. The second-order valence-electron chi connectivity index (χ2n) is 5.50. The van der Waals surface area contributed by atoms with E-state index in [-0.39, 0.29) is 0 Å². The maximum absolute atomic E-state index is 5.28. The van der Waals surface area contributed by atoms with Crippen LogP contribution in [0.2, 0.25) is 0 Å². The molecule has 1 atom stereocenters. The lowest BCUT2D eigenvalue weighted by Crippen LogP contribution is -2.32. The van der Waals surface area contributed by atoms with Crippen molar-refractivity contribution < 1.29 is 4.74 Å². The van der Waals surface area contributed by atoms with E-state index in [9.17, 15) is 0 Å². The highest BCUT2D eigenvalue weighted by Gasteiger charge is 2.11. The Morgan fingerprint density at radius 1 is 1.21 bits per heavy atom. The predicted octanol–water partition coefficient (Wildman–Crippen LogP) is 2.58. The highest BCUT2D eigenvalue weighted by atomic mass is 16.5. The average molecular weight is 264 g/mol. The summed E-state index contributed by atoms with van der Waals surface area (Å²) in [5.41, 5.74) is 2.50. The Morgan fingerprint density at radius 2 is 1.95 bits per heavy atom. The third kappa shape index (κ3) is 5.21. The van der Waals surface area contributed by atoms with Gasteiger partial charge in [-0.15, -0.1) is 0 Å². The normalized spacial score (nSPS) is 12.7. The molecule has 0 heterocycles. The summed E-state index contributed by atoms with van der Waals surface area (Å²) >= 11 is 0. The SMILES string of the molecule is CNCC(CNCc1ccc(OC)c(C)c1)C(C)C. The van der Waals surface area contributed by atoms with Crippen molar-refractivity contribution in [2.24, 2.45) is 11.8 Å². The van der Waals surface area contributed by atoms with Gasteiger partial charge in [0.05, 0.1) is 7.11 Å². The molecule has 0 fully saturated rings. The molecular weight excluding hydrogens is 236 g/mol. The van der Waals surface area contributed by atoms with E-state index in [0.29, 0.717) is 11.8 Å². The molecule has 0 saturated carbocycles. The molecule has 1 aromatic carbocycles. The van der Waals surface area contributed by atoms with Gasteiger partial charge in [-0.05, 0) is 56.1 Å². The number of ether oxygens (including phenoxy) is 1. The molecule has 3 nitrogen and oxygen atoms in total. The second kappa shape index (κ2) is 8.18. The quantitative estimate of drug-likeness (QED) is 0.757. The van der Waals surface area contributed by atoms with Crippen LogP contribution in [0.25, 0.3) is 0 Å². The molecule has 0 spiro atoms. The van der Waals surface area contributed by atoms with E-state index in [1.54, 1.807) is 7.11 Å². The van der Waals surface area contributed by atoms with Crippen LogP contribution < -0.4 is 15.4 Å². The van der Waals surface area contributed by atoms with Crippen molar-refractivity contribution >= 4 is 0 Å². The van der Waals surface area contributed by atoms with Crippen molar-refractivity contribution in [3.63, 3.8) is 0 Å². The van der Waals surface area contributed by atoms with Crippen molar-refractivity contribution in [1.29, 1.82) is 0 Å². The molecular formula is C16H28N2O. The van der Waals surface area contributed by atoms with Crippen LogP contribution in [0.15, 0.2) is 18.2 Å². The summed E-state index contributed by atoms with van der Waals surface area (Å²) in [6.07, 6.45) is 0. The lowest BCUT2D eigenvalue weighted by molar-refractivity contribution is 0.352. The van der Waals surface area contributed by atoms with Gasteiger partial charge in [0.1, 0.15) is 5.75 Å². The molecule has 0 aliphatic carbocycles. The van der Waals surface area contributed by atoms with E-state index in [4.69, 9.17) is 4.74 Å².